The molecule has 0 saturated carbocycles. The van der Waals surface area contributed by atoms with E-state index in [0.29, 0.717) is 22.2 Å². The number of ether oxygens (including phenoxy) is 1. The van der Waals surface area contributed by atoms with E-state index in [0.717, 1.165) is 9.86 Å². The number of hydrogen-bond donors (Lipinski definition) is 0. The fraction of sp³-hybridized carbons (Fsp3) is 0.107. The molecular weight excluding hydrogens is 579 g/mol. The largest absolute Gasteiger partial charge is 0.494 e. The Morgan fingerprint density at radius 2 is 1.65 bits per heavy atom. The van der Waals surface area contributed by atoms with Gasteiger partial charge in [-0.15, -0.1) is 0 Å². The molecule has 5 rings (SSSR count). The van der Waals surface area contributed by atoms with Crippen LogP contribution in [0.1, 0.15) is 31.1 Å². The molecule has 0 bridgehead atoms. The molecule has 0 saturated heterocycles. The minimum Gasteiger partial charge on any atom is -0.494 e. The summed E-state index contributed by atoms with van der Waals surface area (Å²) in [4.78, 5) is 43.3. The molecule has 4 aromatic rings. The van der Waals surface area contributed by atoms with Crippen molar-refractivity contribution in [3.05, 3.63) is 104 Å². The summed E-state index contributed by atoms with van der Waals surface area (Å²) in [5.74, 6) is -1.07. The Morgan fingerprint density at radius 3 is 2.35 bits per heavy atom. The van der Waals surface area contributed by atoms with E-state index in [1.807, 2.05) is 12.1 Å². The van der Waals surface area contributed by atoms with Gasteiger partial charge in [0.25, 0.3) is 17.7 Å². The van der Waals surface area contributed by atoms with E-state index in [4.69, 9.17) is 27.9 Å². The minimum absolute atomic E-state index is 0.0270. The van der Waals surface area contributed by atoms with Gasteiger partial charge in [0.2, 0.25) is 0 Å². The van der Waals surface area contributed by atoms with Crippen LogP contribution in [0.5, 0.6) is 5.75 Å². The van der Waals surface area contributed by atoms with Gasteiger partial charge in [0, 0.05) is 44.8 Å². The molecule has 0 unspecified atom stereocenters. The lowest BCUT2D eigenvalue weighted by atomic mass is 9.94. The number of amides is 3. The zero-order valence-corrected chi connectivity index (χ0v) is 22.6. The minimum atomic E-state index is -0.434. The third kappa shape index (κ3) is 4.48. The standard InChI is InChI=1S/C28H19BrCl2N2O4/c1-37-25-21(14-16(30)15-23(25)31)28(36)32(17-6-3-2-4-7-17)12-13-33-26(34)19-9-5-8-18-22(29)11-10-20(24(18)19)27(33)35/h2-11,14-15H,12-13H2,1H3. The number of carbonyl (C=O) groups excluding carboxylic acids is 3. The molecular formula is C28H19BrCl2N2O4. The topological polar surface area (TPSA) is 66.9 Å². The monoisotopic (exact) mass is 596 g/mol. The molecule has 4 aromatic carbocycles. The summed E-state index contributed by atoms with van der Waals surface area (Å²) in [6.07, 6.45) is 0. The number of rotatable bonds is 6. The van der Waals surface area contributed by atoms with E-state index in [-0.39, 0.29) is 34.4 Å². The molecule has 0 fully saturated rings. The maximum atomic E-state index is 13.8. The molecule has 37 heavy (non-hydrogen) atoms. The maximum absolute atomic E-state index is 13.8. The van der Waals surface area contributed by atoms with E-state index >= 15 is 0 Å². The zero-order valence-electron chi connectivity index (χ0n) is 19.5. The quantitative estimate of drug-likeness (QED) is 0.228. The average molecular weight is 598 g/mol. The summed E-state index contributed by atoms with van der Waals surface area (Å²) >= 11 is 16.0. The second kappa shape index (κ2) is 10.2. The van der Waals surface area contributed by atoms with Gasteiger partial charge in [-0.05, 0) is 47.9 Å². The van der Waals surface area contributed by atoms with Crippen molar-refractivity contribution in [1.29, 1.82) is 0 Å². The highest BCUT2D eigenvalue weighted by molar-refractivity contribution is 9.10. The van der Waals surface area contributed by atoms with E-state index in [1.54, 1.807) is 48.5 Å². The van der Waals surface area contributed by atoms with E-state index in [9.17, 15) is 14.4 Å². The van der Waals surface area contributed by atoms with Crippen LogP contribution in [0.3, 0.4) is 0 Å². The van der Waals surface area contributed by atoms with E-state index < -0.39 is 17.7 Å². The zero-order chi connectivity index (χ0) is 26.3. The van der Waals surface area contributed by atoms with Gasteiger partial charge in [-0.2, -0.15) is 0 Å². The lowest BCUT2D eigenvalue weighted by molar-refractivity contribution is 0.0611. The third-order valence-corrected chi connectivity index (χ3v) is 7.43. The van der Waals surface area contributed by atoms with Gasteiger partial charge in [0.05, 0.1) is 17.7 Å². The first-order valence-electron chi connectivity index (χ1n) is 11.3. The van der Waals surface area contributed by atoms with E-state index in [1.165, 1.54) is 29.0 Å². The van der Waals surface area contributed by atoms with Gasteiger partial charge in [0.1, 0.15) is 5.75 Å². The van der Waals surface area contributed by atoms with Crippen molar-refractivity contribution < 1.29 is 19.1 Å². The second-order valence-electron chi connectivity index (χ2n) is 8.35. The highest BCUT2D eigenvalue weighted by Gasteiger charge is 2.34. The Kier molecular flexibility index (Phi) is 6.94. The predicted octanol–water partition coefficient (Wildman–Crippen LogP) is 6.86. The molecule has 1 heterocycles. The molecule has 0 aromatic heterocycles. The van der Waals surface area contributed by atoms with Crippen molar-refractivity contribution in [2.75, 3.05) is 25.1 Å². The average Bonchev–Trinajstić information content (AvgIpc) is 2.90. The summed E-state index contributed by atoms with van der Waals surface area (Å²) in [6.45, 7) is 0.0102. The summed E-state index contributed by atoms with van der Waals surface area (Å²) in [6, 6.07) is 20.8. The fourth-order valence-electron chi connectivity index (χ4n) is 4.54. The molecule has 0 atom stereocenters. The molecule has 9 heteroatoms. The number of hydrogen-bond acceptors (Lipinski definition) is 4. The van der Waals surface area contributed by atoms with Gasteiger partial charge in [-0.25, -0.2) is 0 Å². The van der Waals surface area contributed by atoms with Crippen LogP contribution < -0.4 is 9.64 Å². The normalized spacial score (nSPS) is 12.7. The van der Waals surface area contributed by atoms with Crippen molar-refractivity contribution in [2.45, 2.75) is 0 Å². The van der Waals surface area contributed by atoms with Crippen LogP contribution >= 0.6 is 39.1 Å². The number of anilines is 1. The third-order valence-electron chi connectivity index (χ3n) is 6.24. The molecule has 0 spiro atoms. The Hall–Kier alpha value is -3.39. The van der Waals surface area contributed by atoms with Crippen LogP contribution in [-0.2, 0) is 0 Å². The first-order chi connectivity index (χ1) is 17.8. The Bertz CT molecular complexity index is 1550. The smallest absolute Gasteiger partial charge is 0.262 e. The van der Waals surface area contributed by atoms with Gasteiger partial charge in [0.15, 0.2) is 0 Å². The maximum Gasteiger partial charge on any atom is 0.262 e. The molecule has 3 amide bonds. The Balaban J connectivity index is 1.51. The SMILES string of the molecule is COc1c(Cl)cc(Cl)cc1C(=O)N(CCN1C(=O)c2cccc3c(Br)ccc(c23)C1=O)c1ccccc1. The number of halogens is 3. The fourth-order valence-corrected chi connectivity index (χ4v) is 5.57. The number of benzene rings is 4. The van der Waals surface area contributed by atoms with Crippen LogP contribution in [0.2, 0.25) is 10.0 Å². The molecule has 0 N–H and O–H groups in total. The summed E-state index contributed by atoms with van der Waals surface area (Å²) in [7, 11) is 1.42. The van der Waals surface area contributed by atoms with Crippen LogP contribution in [0.25, 0.3) is 10.8 Å². The van der Waals surface area contributed by atoms with Crippen molar-refractivity contribution in [3.63, 3.8) is 0 Å². The first kappa shape index (κ1) is 25.3. The van der Waals surface area contributed by atoms with Crippen molar-refractivity contribution in [3.8, 4) is 5.75 Å². The highest BCUT2D eigenvalue weighted by Crippen LogP contribution is 2.36. The van der Waals surface area contributed by atoms with Crippen molar-refractivity contribution in [2.24, 2.45) is 0 Å². The molecule has 186 valence electrons. The summed E-state index contributed by atoms with van der Waals surface area (Å²) < 4.78 is 6.19. The number of carbonyl (C=O) groups is 3. The Morgan fingerprint density at radius 1 is 0.946 bits per heavy atom. The first-order valence-corrected chi connectivity index (χ1v) is 12.8. The molecule has 1 aliphatic heterocycles. The lowest BCUT2D eigenvalue weighted by Crippen LogP contribution is -2.46. The highest BCUT2D eigenvalue weighted by atomic mass is 79.9. The van der Waals surface area contributed by atoms with Crippen molar-refractivity contribution >= 4 is 73.3 Å². The summed E-state index contributed by atoms with van der Waals surface area (Å²) in [5.41, 5.74) is 1.62. The summed E-state index contributed by atoms with van der Waals surface area (Å²) in [5, 5.41) is 1.89. The molecule has 0 radical (unpaired) electrons. The molecule has 0 aliphatic carbocycles. The van der Waals surface area contributed by atoms with E-state index in [2.05, 4.69) is 15.9 Å². The number of para-hydroxylation sites is 1. The van der Waals surface area contributed by atoms with Crippen molar-refractivity contribution in [1.82, 2.24) is 4.90 Å². The van der Waals surface area contributed by atoms with Crippen LogP contribution in [0.15, 0.2) is 77.3 Å². The molecule has 1 aliphatic rings. The number of nitrogens with zero attached hydrogens (tertiary/aromatic N) is 2. The lowest BCUT2D eigenvalue weighted by Gasteiger charge is -2.30. The predicted molar refractivity (Wildman–Crippen MR) is 148 cm³/mol. The van der Waals surface area contributed by atoms with Gasteiger partial charge in [-0.3, -0.25) is 19.3 Å². The Labute approximate surface area is 231 Å². The van der Waals surface area contributed by atoms with Crippen LogP contribution in [0, 0.1) is 0 Å². The second-order valence-corrected chi connectivity index (χ2v) is 10.0. The molecule has 6 nitrogen and oxygen atoms in total. The van der Waals surface area contributed by atoms with Gasteiger partial charge >= 0.3 is 0 Å². The number of methoxy groups -OCH3 is 1. The van der Waals surface area contributed by atoms with Crippen LogP contribution in [0.4, 0.5) is 5.69 Å². The van der Waals surface area contributed by atoms with Gasteiger partial charge in [-0.1, -0.05) is 69.5 Å². The van der Waals surface area contributed by atoms with Gasteiger partial charge < -0.3 is 9.64 Å². The van der Waals surface area contributed by atoms with Crippen LogP contribution in [-0.4, -0.2) is 42.8 Å². The number of imide groups is 1.